The van der Waals surface area contributed by atoms with Crippen molar-refractivity contribution in [1.29, 1.82) is 5.41 Å². The van der Waals surface area contributed by atoms with Gasteiger partial charge in [-0.15, -0.1) is 0 Å². The van der Waals surface area contributed by atoms with E-state index in [-0.39, 0.29) is 48.4 Å². The van der Waals surface area contributed by atoms with Crippen molar-refractivity contribution in [3.8, 4) is 0 Å². The van der Waals surface area contributed by atoms with E-state index in [9.17, 15) is 32.7 Å². The minimum Gasteiger partial charge on any atom is -0.479 e. The summed E-state index contributed by atoms with van der Waals surface area (Å²) >= 11 is 0. The number of carbonyl (C=O) groups is 4. The van der Waals surface area contributed by atoms with Crippen molar-refractivity contribution in [2.24, 2.45) is 11.7 Å². The highest BCUT2D eigenvalue weighted by atomic mass is 32.2. The van der Waals surface area contributed by atoms with Crippen molar-refractivity contribution in [3.63, 3.8) is 0 Å². The number of fused-ring (bicyclic) bond motifs is 2. The number of hydrogen-bond donors (Lipinski definition) is 4. The number of amides is 2. The number of benzene rings is 3. The average molecular weight is 635 g/mol. The number of nitrogens with two attached hydrogens (primary N) is 1. The number of ketones is 1. The zero-order chi connectivity index (χ0) is 32.5. The lowest BCUT2D eigenvalue weighted by molar-refractivity contribution is -0.151. The first-order valence-electron chi connectivity index (χ1n) is 14.4. The summed E-state index contributed by atoms with van der Waals surface area (Å²) in [6.45, 7) is 2.22. The van der Waals surface area contributed by atoms with Gasteiger partial charge >= 0.3 is 5.97 Å². The van der Waals surface area contributed by atoms with Crippen LogP contribution in [0.3, 0.4) is 0 Å². The topological polar surface area (TPSA) is 194 Å². The van der Waals surface area contributed by atoms with Crippen LogP contribution in [0.1, 0.15) is 35.2 Å². The second kappa shape index (κ2) is 12.7. The fourth-order valence-electron chi connectivity index (χ4n) is 5.85. The number of carboxylic acid groups (broad SMARTS) is 1. The lowest BCUT2D eigenvalue weighted by atomic mass is 9.97. The number of piperidine rings is 1. The van der Waals surface area contributed by atoms with E-state index >= 15 is 0 Å². The van der Waals surface area contributed by atoms with Crippen LogP contribution in [0.15, 0.2) is 65.6 Å². The predicted molar refractivity (Wildman–Crippen MR) is 166 cm³/mol. The number of carbonyl (C=O) groups excluding carboxylic acids is 3. The highest BCUT2D eigenvalue weighted by molar-refractivity contribution is 7.89. The maximum atomic E-state index is 13.8. The molecule has 45 heavy (non-hydrogen) atoms. The Bertz CT molecular complexity index is 1810. The molecule has 0 aromatic heterocycles. The van der Waals surface area contributed by atoms with Gasteiger partial charge in [-0.1, -0.05) is 42.0 Å². The number of guanidine groups is 1. The van der Waals surface area contributed by atoms with Crippen LogP contribution in [0, 0.1) is 18.3 Å². The molecular formula is C31H34N6O7S. The molecule has 0 spiro atoms. The monoisotopic (exact) mass is 634 g/mol. The summed E-state index contributed by atoms with van der Waals surface area (Å²) < 4.78 is 29.2. The van der Waals surface area contributed by atoms with Crippen LogP contribution in [0.4, 0.5) is 5.69 Å². The molecular weight excluding hydrogens is 600 g/mol. The van der Waals surface area contributed by atoms with E-state index in [1.165, 1.54) is 17.0 Å². The summed E-state index contributed by atoms with van der Waals surface area (Å²) in [4.78, 5) is 55.4. The van der Waals surface area contributed by atoms with Gasteiger partial charge in [0.2, 0.25) is 15.9 Å². The lowest BCUT2D eigenvalue weighted by Gasteiger charge is -2.38. The molecule has 1 fully saturated rings. The van der Waals surface area contributed by atoms with Crippen molar-refractivity contribution >= 4 is 56.0 Å². The van der Waals surface area contributed by atoms with Crippen molar-refractivity contribution in [3.05, 3.63) is 71.8 Å². The van der Waals surface area contributed by atoms with Crippen molar-refractivity contribution < 1.29 is 32.7 Å². The zero-order valence-corrected chi connectivity index (χ0v) is 25.4. The first-order valence-corrected chi connectivity index (χ1v) is 15.9. The molecule has 0 saturated carbocycles. The largest absolute Gasteiger partial charge is 0.479 e. The molecule has 2 heterocycles. The van der Waals surface area contributed by atoms with Crippen molar-refractivity contribution in [1.82, 2.24) is 14.5 Å². The maximum absolute atomic E-state index is 13.8. The average Bonchev–Trinajstić information content (AvgIpc) is 3.25. The molecule has 13 nitrogen and oxygen atoms in total. The SMILES string of the molecule is Cc1ccc2c(c1)C(=O)C(=O)N2CCC(=O)N(C[C@H]1CCCN(C(=N)N)C1)[C@H](NS(=O)(=O)c1ccc2ccccc2c1)C(=O)O. The van der Waals surface area contributed by atoms with Crippen molar-refractivity contribution in [2.75, 3.05) is 31.1 Å². The number of aryl methyl sites for hydroxylation is 1. The van der Waals surface area contributed by atoms with Gasteiger partial charge in [0.05, 0.1) is 16.1 Å². The third kappa shape index (κ3) is 6.66. The van der Waals surface area contributed by atoms with Gasteiger partial charge in [0.1, 0.15) is 0 Å². The van der Waals surface area contributed by atoms with E-state index in [0.29, 0.717) is 30.5 Å². The number of anilines is 1. The van der Waals surface area contributed by atoms with Crippen LogP contribution in [0.2, 0.25) is 0 Å². The van der Waals surface area contributed by atoms with Gasteiger partial charge in [-0.2, -0.15) is 4.72 Å². The molecule has 3 aromatic rings. The second-order valence-corrected chi connectivity index (χ2v) is 13.0. The van der Waals surface area contributed by atoms with Gasteiger partial charge in [-0.05, 0) is 60.7 Å². The van der Waals surface area contributed by atoms with Crippen LogP contribution in [0.25, 0.3) is 10.8 Å². The molecule has 2 atom stereocenters. The molecule has 236 valence electrons. The van der Waals surface area contributed by atoms with Crippen LogP contribution in [-0.4, -0.2) is 85.2 Å². The first kappa shape index (κ1) is 31.6. The summed E-state index contributed by atoms with van der Waals surface area (Å²) in [5, 5.41) is 19.5. The second-order valence-electron chi connectivity index (χ2n) is 11.3. The first-order chi connectivity index (χ1) is 21.4. The molecule has 0 bridgehead atoms. The smallest absolute Gasteiger partial charge is 0.342 e. The van der Waals surface area contributed by atoms with Crippen molar-refractivity contribution in [2.45, 2.75) is 37.2 Å². The van der Waals surface area contributed by atoms with Crippen LogP contribution >= 0.6 is 0 Å². The summed E-state index contributed by atoms with van der Waals surface area (Å²) in [5.74, 6) is -4.31. The summed E-state index contributed by atoms with van der Waals surface area (Å²) in [5.41, 5.74) is 7.05. The molecule has 5 N–H and O–H groups in total. The van der Waals surface area contributed by atoms with Gasteiger partial charge in [-0.3, -0.25) is 19.8 Å². The Balaban J connectivity index is 1.42. The van der Waals surface area contributed by atoms with Gasteiger partial charge in [0, 0.05) is 32.6 Å². The molecule has 2 amide bonds. The summed E-state index contributed by atoms with van der Waals surface area (Å²) in [6, 6.07) is 16.4. The Morgan fingerprint density at radius 1 is 1.11 bits per heavy atom. The number of carboxylic acids is 1. The molecule has 5 rings (SSSR count). The van der Waals surface area contributed by atoms with Gasteiger partial charge in [0.15, 0.2) is 12.1 Å². The maximum Gasteiger partial charge on any atom is 0.342 e. The third-order valence-electron chi connectivity index (χ3n) is 8.15. The Morgan fingerprint density at radius 3 is 2.56 bits per heavy atom. The molecule has 2 aliphatic rings. The number of nitrogens with one attached hydrogen (secondary N) is 2. The van der Waals surface area contributed by atoms with E-state index in [1.54, 1.807) is 48.2 Å². The fraction of sp³-hybridized carbons (Fsp3) is 0.323. The number of sulfonamides is 1. The molecule has 2 aliphatic heterocycles. The highest BCUT2D eigenvalue weighted by Crippen LogP contribution is 2.30. The minimum absolute atomic E-state index is 0.150. The fourth-order valence-corrected chi connectivity index (χ4v) is 7.03. The Morgan fingerprint density at radius 2 is 1.84 bits per heavy atom. The minimum atomic E-state index is -4.43. The highest BCUT2D eigenvalue weighted by Gasteiger charge is 2.39. The molecule has 0 radical (unpaired) electrons. The standard InChI is InChI=1S/C31H34N6O7S/c1-19-8-11-25-24(15-19)27(39)29(40)36(25)14-12-26(38)37(18-20-5-4-13-35(17-20)31(32)33)28(30(41)42)34-45(43,44)23-10-9-21-6-2-3-7-22(21)16-23/h2-3,6-11,15-16,20,28,34H,4-5,12-14,17-18H2,1H3,(H3,32,33)(H,41,42)/t20-,28-/m0/s1. The Hall–Kier alpha value is -4.82. The number of aliphatic carboxylic acids is 1. The third-order valence-corrected chi connectivity index (χ3v) is 9.56. The van der Waals surface area contributed by atoms with E-state index in [4.69, 9.17) is 11.1 Å². The van der Waals surface area contributed by atoms with E-state index in [1.807, 2.05) is 12.1 Å². The van der Waals surface area contributed by atoms with Crippen LogP contribution < -0.4 is 15.4 Å². The molecule has 3 aromatic carbocycles. The number of likely N-dealkylation sites (tertiary alicyclic amines) is 1. The Kier molecular flexibility index (Phi) is 8.89. The molecule has 1 saturated heterocycles. The van der Waals surface area contributed by atoms with Crippen LogP contribution in [0.5, 0.6) is 0 Å². The van der Waals surface area contributed by atoms with Gasteiger partial charge in [-0.25, -0.2) is 13.2 Å². The normalized spacial score (nSPS) is 17.3. The lowest BCUT2D eigenvalue weighted by Crippen LogP contribution is -2.58. The van der Waals surface area contributed by atoms with E-state index in [2.05, 4.69) is 4.72 Å². The summed E-state index contributed by atoms with van der Waals surface area (Å²) in [7, 11) is -4.43. The van der Waals surface area contributed by atoms with E-state index < -0.39 is 39.8 Å². The zero-order valence-electron chi connectivity index (χ0n) is 24.6. The van der Waals surface area contributed by atoms with E-state index in [0.717, 1.165) is 15.8 Å². The van der Waals surface area contributed by atoms with Crippen LogP contribution in [-0.2, 0) is 24.4 Å². The number of hydrogen-bond acceptors (Lipinski definition) is 7. The number of nitrogens with zero attached hydrogens (tertiary/aromatic N) is 3. The predicted octanol–water partition coefficient (Wildman–Crippen LogP) is 1.89. The quantitative estimate of drug-likeness (QED) is 0.111. The van der Waals surface area contributed by atoms with Gasteiger partial charge in [0.25, 0.3) is 11.7 Å². The molecule has 14 heteroatoms. The molecule has 0 unspecified atom stereocenters. The van der Waals surface area contributed by atoms with Gasteiger partial charge < -0.3 is 25.5 Å². The number of Topliss-reactive ketones (excluding diaryl/α,β-unsaturated/α-hetero) is 1. The molecule has 0 aliphatic carbocycles. The number of rotatable bonds is 10. The summed E-state index contributed by atoms with van der Waals surface area (Å²) in [6.07, 6.45) is -1.14. The Labute approximate surface area is 260 Å².